The van der Waals surface area contributed by atoms with E-state index in [0.29, 0.717) is 0 Å². The number of anilines is 1. The summed E-state index contributed by atoms with van der Waals surface area (Å²) in [6, 6.07) is 0. The van der Waals surface area contributed by atoms with Gasteiger partial charge in [-0.3, -0.25) is 9.78 Å². The molecular weight excluding hydrogens is 242 g/mol. The number of carbonyl (C=O) groups is 1. The Morgan fingerprint density at radius 3 is 2.72 bits per heavy atom. The first-order chi connectivity index (χ1) is 8.45. The monoisotopic (exact) mass is 251 g/mol. The molecular formula is C9H9N5O4. The Morgan fingerprint density at radius 2 is 2.11 bits per heavy atom. The van der Waals surface area contributed by atoms with Crippen molar-refractivity contribution in [3.8, 4) is 0 Å². The molecule has 0 amide bonds. The lowest BCUT2D eigenvalue weighted by Crippen LogP contribution is -2.27. The fourth-order valence-electron chi connectivity index (χ4n) is 1.53. The zero-order valence-corrected chi connectivity index (χ0v) is 9.55. The molecule has 18 heavy (non-hydrogen) atoms. The molecule has 0 aliphatic rings. The molecule has 0 saturated heterocycles. The van der Waals surface area contributed by atoms with E-state index in [0.717, 1.165) is 11.8 Å². The first-order valence-electron chi connectivity index (χ1n) is 4.81. The van der Waals surface area contributed by atoms with Crippen molar-refractivity contribution in [2.24, 2.45) is 7.05 Å². The summed E-state index contributed by atoms with van der Waals surface area (Å²) in [5, 5.41) is 3.64. The second-order valence-corrected chi connectivity index (χ2v) is 3.45. The number of rotatable bonds is 1. The van der Waals surface area contributed by atoms with Gasteiger partial charge in [0, 0.05) is 7.05 Å². The molecule has 0 aliphatic carbocycles. The van der Waals surface area contributed by atoms with Crippen molar-refractivity contribution < 1.29 is 9.53 Å². The second-order valence-electron chi connectivity index (χ2n) is 3.45. The van der Waals surface area contributed by atoms with Crippen LogP contribution in [0.4, 0.5) is 5.82 Å². The quantitative estimate of drug-likeness (QED) is 0.582. The highest BCUT2D eigenvalue weighted by molar-refractivity contribution is 5.93. The molecule has 3 N–H and O–H groups in total. The third-order valence-electron chi connectivity index (χ3n) is 2.32. The first-order valence-corrected chi connectivity index (χ1v) is 4.81. The molecule has 9 heteroatoms. The van der Waals surface area contributed by atoms with E-state index in [1.807, 2.05) is 0 Å². The Labute approximate surface area is 99.2 Å². The summed E-state index contributed by atoms with van der Waals surface area (Å²) in [6.07, 6.45) is 0. The van der Waals surface area contributed by atoms with Gasteiger partial charge < -0.3 is 10.5 Å². The largest absolute Gasteiger partial charge is 0.464 e. The first kappa shape index (κ1) is 11.8. The van der Waals surface area contributed by atoms with Crippen molar-refractivity contribution in [3.05, 3.63) is 26.4 Å². The molecule has 0 radical (unpaired) electrons. The summed E-state index contributed by atoms with van der Waals surface area (Å²) < 4.78 is 5.56. The van der Waals surface area contributed by atoms with Gasteiger partial charge in [-0.1, -0.05) is 0 Å². The molecule has 2 rings (SSSR count). The number of fused-ring (bicyclic) bond motifs is 1. The number of carbonyl (C=O) groups excluding carboxylic acids is 1. The fraction of sp³-hybridized carbons (Fsp3) is 0.222. The number of esters is 1. The van der Waals surface area contributed by atoms with Crippen LogP contribution in [0.25, 0.3) is 11.0 Å². The van der Waals surface area contributed by atoms with Gasteiger partial charge in [-0.2, -0.15) is 10.1 Å². The molecule has 0 atom stereocenters. The van der Waals surface area contributed by atoms with Crippen LogP contribution in [-0.4, -0.2) is 32.8 Å². The second kappa shape index (κ2) is 3.95. The number of nitrogen functional groups attached to an aromatic ring is 1. The molecule has 0 unspecified atom stereocenters. The highest BCUT2D eigenvalue weighted by Gasteiger charge is 2.19. The maximum atomic E-state index is 12.0. The standard InChI is InChI=1S/C9H9N5O4/c1-14-7-3(6(10)11-9(17)12-7)5(15)4(13-14)8(16)18-2/h1-2H3,(H3,10,11,12,17). The summed E-state index contributed by atoms with van der Waals surface area (Å²) in [5.74, 6) is -1.05. The van der Waals surface area contributed by atoms with Crippen molar-refractivity contribution in [1.29, 1.82) is 0 Å². The van der Waals surface area contributed by atoms with Crippen LogP contribution in [0.2, 0.25) is 0 Å². The molecule has 9 nitrogen and oxygen atoms in total. The summed E-state index contributed by atoms with van der Waals surface area (Å²) in [6.45, 7) is 0. The lowest BCUT2D eigenvalue weighted by molar-refractivity contribution is 0.0590. The molecule has 2 heterocycles. The van der Waals surface area contributed by atoms with Crippen molar-refractivity contribution in [3.63, 3.8) is 0 Å². The minimum absolute atomic E-state index is 0.00565. The molecule has 0 bridgehead atoms. The van der Waals surface area contributed by atoms with E-state index in [2.05, 4.69) is 19.8 Å². The van der Waals surface area contributed by atoms with Gasteiger partial charge in [-0.15, -0.1) is 0 Å². The Bertz CT molecular complexity index is 760. The number of methoxy groups -OCH3 is 1. The Morgan fingerprint density at radius 1 is 1.44 bits per heavy atom. The maximum Gasteiger partial charge on any atom is 0.362 e. The van der Waals surface area contributed by atoms with Gasteiger partial charge in [0.2, 0.25) is 11.1 Å². The molecule has 0 spiro atoms. The van der Waals surface area contributed by atoms with Crippen molar-refractivity contribution in [2.45, 2.75) is 0 Å². The minimum Gasteiger partial charge on any atom is -0.464 e. The lowest BCUT2D eigenvalue weighted by Gasteiger charge is -2.06. The maximum absolute atomic E-state index is 12.0. The average molecular weight is 251 g/mol. The van der Waals surface area contributed by atoms with E-state index >= 15 is 0 Å². The lowest BCUT2D eigenvalue weighted by atomic mass is 10.2. The normalized spacial score (nSPS) is 10.6. The molecule has 0 aromatic carbocycles. The topological polar surface area (TPSA) is 133 Å². The Kier molecular flexibility index (Phi) is 2.58. The predicted molar refractivity (Wildman–Crippen MR) is 61.2 cm³/mol. The number of nitrogens with zero attached hydrogens (tertiary/aromatic N) is 3. The van der Waals surface area contributed by atoms with Crippen LogP contribution in [0.15, 0.2) is 9.59 Å². The number of H-pyrrole nitrogens is 1. The number of nitrogens with two attached hydrogens (primary N) is 1. The van der Waals surface area contributed by atoms with Gasteiger partial charge >= 0.3 is 11.7 Å². The van der Waals surface area contributed by atoms with E-state index in [9.17, 15) is 14.4 Å². The van der Waals surface area contributed by atoms with Crippen LogP contribution in [-0.2, 0) is 11.8 Å². The van der Waals surface area contributed by atoms with Gasteiger partial charge in [0.25, 0.3) is 0 Å². The van der Waals surface area contributed by atoms with Crippen LogP contribution in [0, 0.1) is 0 Å². The van der Waals surface area contributed by atoms with Crippen molar-refractivity contribution >= 4 is 22.8 Å². The van der Waals surface area contributed by atoms with Crippen LogP contribution in [0.3, 0.4) is 0 Å². The highest BCUT2D eigenvalue weighted by Crippen LogP contribution is 2.09. The number of aromatic amines is 1. The number of hydrogen-bond donors (Lipinski definition) is 2. The Balaban J connectivity index is 3.00. The van der Waals surface area contributed by atoms with Gasteiger partial charge in [0.15, 0.2) is 5.65 Å². The Hall–Kier alpha value is -2.71. The van der Waals surface area contributed by atoms with E-state index in [1.54, 1.807) is 0 Å². The fourth-order valence-corrected chi connectivity index (χ4v) is 1.53. The van der Waals surface area contributed by atoms with Gasteiger partial charge in [-0.25, -0.2) is 14.3 Å². The van der Waals surface area contributed by atoms with Gasteiger partial charge in [-0.05, 0) is 0 Å². The van der Waals surface area contributed by atoms with Crippen LogP contribution in [0.5, 0.6) is 0 Å². The number of hydrogen-bond acceptors (Lipinski definition) is 7. The van der Waals surface area contributed by atoms with E-state index in [1.165, 1.54) is 7.05 Å². The molecule has 2 aromatic heterocycles. The smallest absolute Gasteiger partial charge is 0.362 e. The van der Waals surface area contributed by atoms with E-state index in [-0.39, 0.29) is 16.9 Å². The van der Waals surface area contributed by atoms with Gasteiger partial charge in [0.1, 0.15) is 11.2 Å². The molecule has 0 saturated carbocycles. The number of nitrogens with one attached hydrogen (secondary N) is 1. The zero-order chi connectivity index (χ0) is 13.4. The third-order valence-corrected chi connectivity index (χ3v) is 2.32. The SMILES string of the molecule is COC(=O)c1nn(C)c2nc(=O)[nH]c(N)c2c1=O. The summed E-state index contributed by atoms with van der Waals surface area (Å²) in [4.78, 5) is 40.3. The number of aryl methyl sites for hydroxylation is 1. The number of ether oxygens (including phenoxy) is 1. The third kappa shape index (κ3) is 1.61. The minimum atomic E-state index is -0.886. The molecule has 2 aromatic rings. The molecule has 0 aliphatic heterocycles. The number of aromatic nitrogens is 4. The average Bonchev–Trinajstić information content (AvgIpc) is 2.31. The summed E-state index contributed by atoms with van der Waals surface area (Å²) >= 11 is 0. The van der Waals surface area contributed by atoms with Crippen molar-refractivity contribution in [2.75, 3.05) is 12.8 Å². The predicted octanol–water partition coefficient (Wildman–Crippen LogP) is -1.61. The zero-order valence-electron chi connectivity index (χ0n) is 9.55. The summed E-state index contributed by atoms with van der Waals surface area (Å²) in [7, 11) is 2.56. The van der Waals surface area contributed by atoms with Crippen LogP contribution in [0.1, 0.15) is 10.5 Å². The van der Waals surface area contributed by atoms with Crippen molar-refractivity contribution in [1.82, 2.24) is 19.7 Å². The highest BCUT2D eigenvalue weighted by atomic mass is 16.5. The van der Waals surface area contributed by atoms with Crippen LogP contribution >= 0.6 is 0 Å². The van der Waals surface area contributed by atoms with E-state index < -0.39 is 22.8 Å². The molecule has 0 fully saturated rings. The van der Waals surface area contributed by atoms with Crippen LogP contribution < -0.4 is 16.9 Å². The van der Waals surface area contributed by atoms with Gasteiger partial charge in [0.05, 0.1) is 7.11 Å². The molecule has 94 valence electrons. The summed E-state index contributed by atoms with van der Waals surface area (Å²) in [5.41, 5.74) is 3.67. The van der Waals surface area contributed by atoms with E-state index in [4.69, 9.17) is 5.73 Å².